The van der Waals surface area contributed by atoms with E-state index in [1.807, 2.05) is 53.9 Å². The van der Waals surface area contributed by atoms with Crippen LogP contribution in [0.3, 0.4) is 0 Å². The number of imidazole rings is 1. The van der Waals surface area contributed by atoms with Crippen LogP contribution < -0.4 is 5.32 Å². The van der Waals surface area contributed by atoms with Gasteiger partial charge in [0.25, 0.3) is 0 Å². The standard InChI is InChI=1S/C36H27F6N3O2S/c1-21-6-8-22(9-7-21)14-25(18-29(46)17-23-15-26(35(37,38)39)19-27(16-23)36(40,41)42)33(47)43-28-12-10-24(11-13-28)30-20-45-31-4-2-3-5-32(31)48-34(45)44-30/h2-13,15-16,19-20,25H,14,17-18H2,1H3,(H,43,47)/t25-/m1/s1. The zero-order valence-electron chi connectivity index (χ0n) is 25.3. The number of hydrogen-bond acceptors (Lipinski definition) is 4. The number of nitrogens with one attached hydrogen (secondary N) is 1. The lowest BCUT2D eigenvalue weighted by atomic mass is 9.90. The summed E-state index contributed by atoms with van der Waals surface area (Å²) in [6.45, 7) is 1.89. The van der Waals surface area contributed by atoms with Gasteiger partial charge < -0.3 is 5.32 Å². The molecule has 1 amide bonds. The number of para-hydroxylation sites is 1. The zero-order chi connectivity index (χ0) is 34.2. The minimum Gasteiger partial charge on any atom is -0.326 e. The highest BCUT2D eigenvalue weighted by atomic mass is 32.1. The predicted molar refractivity (Wildman–Crippen MR) is 173 cm³/mol. The fourth-order valence-electron chi connectivity index (χ4n) is 5.52. The van der Waals surface area contributed by atoms with Crippen LogP contribution in [0, 0.1) is 12.8 Å². The van der Waals surface area contributed by atoms with Gasteiger partial charge in [0.1, 0.15) is 5.78 Å². The molecule has 6 rings (SSSR count). The second-order valence-corrected chi connectivity index (χ2v) is 12.6. The molecule has 0 radical (unpaired) electrons. The number of fused-ring (bicyclic) bond motifs is 3. The predicted octanol–water partition coefficient (Wildman–Crippen LogP) is 9.56. The van der Waals surface area contributed by atoms with Crippen LogP contribution in [0.25, 0.3) is 26.4 Å². The third kappa shape index (κ3) is 7.44. The third-order valence-electron chi connectivity index (χ3n) is 7.94. The number of carbonyl (C=O) groups excluding carboxylic acids is 2. The summed E-state index contributed by atoms with van der Waals surface area (Å²) >= 11 is 1.57. The van der Waals surface area contributed by atoms with Gasteiger partial charge in [0.05, 0.1) is 27.0 Å². The summed E-state index contributed by atoms with van der Waals surface area (Å²) in [5.74, 6) is -2.12. The van der Waals surface area contributed by atoms with E-state index in [2.05, 4.69) is 5.32 Å². The number of nitrogens with zero attached hydrogens (tertiary/aromatic N) is 2. The summed E-state index contributed by atoms with van der Waals surface area (Å²) in [6.07, 6.45) is -9.10. The highest BCUT2D eigenvalue weighted by molar-refractivity contribution is 7.23. The second kappa shape index (κ2) is 12.9. The van der Waals surface area contributed by atoms with Gasteiger partial charge in [-0.3, -0.25) is 14.0 Å². The van der Waals surface area contributed by atoms with E-state index in [9.17, 15) is 35.9 Å². The fraction of sp³-hybridized carbons (Fsp3) is 0.194. The molecule has 0 spiro atoms. The van der Waals surface area contributed by atoms with Crippen LogP contribution in [0.4, 0.5) is 32.0 Å². The Bertz CT molecular complexity index is 2080. The molecule has 1 atom stereocenters. The monoisotopic (exact) mass is 679 g/mol. The number of rotatable bonds is 9. The van der Waals surface area contributed by atoms with Crippen molar-refractivity contribution in [2.75, 3.05) is 5.32 Å². The van der Waals surface area contributed by atoms with E-state index in [1.165, 1.54) is 0 Å². The Kier molecular flexibility index (Phi) is 8.86. The Morgan fingerprint density at radius 3 is 2.12 bits per heavy atom. The van der Waals surface area contributed by atoms with Crippen molar-refractivity contribution in [3.05, 3.63) is 125 Å². The molecule has 2 aromatic heterocycles. The van der Waals surface area contributed by atoms with Crippen LogP contribution in [0.5, 0.6) is 0 Å². The Morgan fingerprint density at radius 2 is 1.48 bits per heavy atom. The van der Waals surface area contributed by atoms with E-state index in [4.69, 9.17) is 4.98 Å². The Balaban J connectivity index is 1.20. The number of aryl methyl sites for hydroxylation is 1. The molecule has 0 saturated heterocycles. The summed E-state index contributed by atoms with van der Waals surface area (Å²) in [7, 11) is 0. The molecule has 0 aliphatic rings. The molecule has 0 fully saturated rings. The first kappa shape index (κ1) is 33.0. The summed E-state index contributed by atoms with van der Waals surface area (Å²) in [4.78, 5) is 32.2. The van der Waals surface area contributed by atoms with Crippen molar-refractivity contribution in [2.45, 2.75) is 38.5 Å². The van der Waals surface area contributed by atoms with Crippen molar-refractivity contribution in [3.8, 4) is 11.3 Å². The van der Waals surface area contributed by atoms with Gasteiger partial charge in [-0.1, -0.05) is 65.4 Å². The summed E-state index contributed by atoms with van der Waals surface area (Å²) < 4.78 is 83.3. The van der Waals surface area contributed by atoms with Gasteiger partial charge >= 0.3 is 12.4 Å². The van der Waals surface area contributed by atoms with Crippen LogP contribution in [0.1, 0.15) is 34.2 Å². The number of benzene rings is 4. The van der Waals surface area contributed by atoms with Gasteiger partial charge in [-0.15, -0.1) is 0 Å². The average molecular weight is 680 g/mol. The number of aromatic nitrogens is 2. The minimum absolute atomic E-state index is 0.0183. The summed E-state index contributed by atoms with van der Waals surface area (Å²) in [6, 6.07) is 23.4. The van der Waals surface area contributed by atoms with Crippen LogP contribution in [-0.2, 0) is 34.8 Å². The highest BCUT2D eigenvalue weighted by Gasteiger charge is 2.37. The molecule has 12 heteroatoms. The van der Waals surface area contributed by atoms with Gasteiger partial charge in [0, 0.05) is 36.2 Å². The number of thiazole rings is 1. The number of alkyl halides is 6. The highest BCUT2D eigenvalue weighted by Crippen LogP contribution is 2.37. The lowest BCUT2D eigenvalue weighted by molar-refractivity contribution is -0.143. The van der Waals surface area contributed by atoms with Gasteiger partial charge in [-0.05, 0) is 66.9 Å². The van der Waals surface area contributed by atoms with Crippen LogP contribution in [0.15, 0.2) is 97.2 Å². The molecule has 0 saturated carbocycles. The molecule has 5 nitrogen and oxygen atoms in total. The molecule has 4 aromatic carbocycles. The quantitative estimate of drug-likeness (QED) is 0.155. The summed E-state index contributed by atoms with van der Waals surface area (Å²) in [5.41, 5.74) is 1.35. The first-order valence-electron chi connectivity index (χ1n) is 14.9. The largest absolute Gasteiger partial charge is 0.416 e. The molecule has 0 unspecified atom stereocenters. The molecule has 0 aliphatic heterocycles. The molecular weight excluding hydrogens is 652 g/mol. The fourth-order valence-corrected chi connectivity index (χ4v) is 6.53. The smallest absolute Gasteiger partial charge is 0.326 e. The van der Waals surface area contributed by atoms with Crippen molar-refractivity contribution >= 4 is 43.9 Å². The van der Waals surface area contributed by atoms with Crippen LogP contribution in [0.2, 0.25) is 0 Å². The first-order valence-corrected chi connectivity index (χ1v) is 15.7. The number of halogens is 6. The zero-order valence-corrected chi connectivity index (χ0v) is 26.1. The SMILES string of the molecule is Cc1ccc(C[C@H](CC(=O)Cc2cc(C(F)(F)F)cc(C(F)(F)F)c2)C(=O)Nc2ccc(-c3cn4c(n3)sc3ccccc34)cc2)cc1. The summed E-state index contributed by atoms with van der Waals surface area (Å²) in [5, 5.41) is 2.81. The van der Waals surface area contributed by atoms with Gasteiger partial charge in [0.2, 0.25) is 5.91 Å². The van der Waals surface area contributed by atoms with E-state index in [0.717, 1.165) is 37.6 Å². The topological polar surface area (TPSA) is 63.5 Å². The Morgan fingerprint density at radius 1 is 0.833 bits per heavy atom. The minimum atomic E-state index is -5.04. The van der Waals surface area contributed by atoms with Crippen molar-refractivity contribution < 1.29 is 35.9 Å². The van der Waals surface area contributed by atoms with Crippen LogP contribution in [-0.4, -0.2) is 21.1 Å². The second-order valence-electron chi connectivity index (χ2n) is 11.6. The number of amides is 1. The Hall–Kier alpha value is -4.97. The molecule has 6 aromatic rings. The molecular formula is C36H27F6N3O2S. The lowest BCUT2D eigenvalue weighted by Gasteiger charge is -2.18. The molecule has 48 heavy (non-hydrogen) atoms. The van der Waals surface area contributed by atoms with Gasteiger partial charge in [-0.25, -0.2) is 4.98 Å². The lowest BCUT2D eigenvalue weighted by Crippen LogP contribution is -2.27. The van der Waals surface area contributed by atoms with Crippen molar-refractivity contribution in [1.29, 1.82) is 0 Å². The van der Waals surface area contributed by atoms with Crippen molar-refractivity contribution in [2.24, 2.45) is 5.92 Å². The number of ketones is 1. The van der Waals surface area contributed by atoms with E-state index in [1.54, 1.807) is 47.7 Å². The molecule has 246 valence electrons. The maximum absolute atomic E-state index is 13.5. The van der Waals surface area contributed by atoms with E-state index in [-0.39, 0.29) is 12.5 Å². The maximum atomic E-state index is 13.5. The van der Waals surface area contributed by atoms with Crippen molar-refractivity contribution in [3.63, 3.8) is 0 Å². The average Bonchev–Trinajstić information content (AvgIpc) is 3.60. The molecule has 0 aliphatic carbocycles. The third-order valence-corrected chi connectivity index (χ3v) is 8.98. The molecule has 0 bridgehead atoms. The number of hydrogen-bond donors (Lipinski definition) is 1. The van der Waals surface area contributed by atoms with Gasteiger partial charge in [-0.2, -0.15) is 26.3 Å². The van der Waals surface area contributed by atoms with Crippen molar-refractivity contribution in [1.82, 2.24) is 9.38 Å². The van der Waals surface area contributed by atoms with Crippen LogP contribution >= 0.6 is 11.3 Å². The Labute approximate surface area is 274 Å². The number of carbonyl (C=O) groups is 2. The van der Waals surface area contributed by atoms with E-state index >= 15 is 0 Å². The first-order chi connectivity index (χ1) is 22.7. The molecule has 2 heterocycles. The van der Waals surface area contributed by atoms with Gasteiger partial charge in [0.15, 0.2) is 4.96 Å². The molecule has 1 N–H and O–H groups in total. The number of anilines is 1. The van der Waals surface area contributed by atoms with E-state index < -0.39 is 59.5 Å². The number of Topliss-reactive ketones (excluding diaryl/α,β-unsaturated/α-hetero) is 1. The van der Waals surface area contributed by atoms with E-state index in [0.29, 0.717) is 17.8 Å². The normalized spacial score (nSPS) is 12.8. The maximum Gasteiger partial charge on any atom is 0.416 e.